The molecule has 2 rings (SSSR count). The number of carbonyl (C=O) groups excluding carboxylic acids is 1. The zero-order valence-corrected chi connectivity index (χ0v) is 12.2. The highest BCUT2D eigenvalue weighted by Crippen LogP contribution is 2.18. The van der Waals surface area contributed by atoms with Crippen molar-refractivity contribution < 1.29 is 9.53 Å². The van der Waals surface area contributed by atoms with Gasteiger partial charge in [-0.25, -0.2) is 0 Å². The molecule has 0 bridgehead atoms. The molecule has 0 heterocycles. The Kier molecular flexibility index (Phi) is 5.71. The van der Waals surface area contributed by atoms with Crippen molar-refractivity contribution >= 4 is 11.6 Å². The Morgan fingerprint density at radius 3 is 2.85 bits per heavy atom. The molecule has 1 aromatic rings. The van der Waals surface area contributed by atoms with E-state index in [1.54, 1.807) is 7.11 Å². The minimum Gasteiger partial charge on any atom is -0.497 e. The van der Waals surface area contributed by atoms with Gasteiger partial charge in [-0.15, -0.1) is 0 Å². The highest BCUT2D eigenvalue weighted by atomic mass is 16.5. The highest BCUT2D eigenvalue weighted by Gasteiger charge is 2.15. The van der Waals surface area contributed by atoms with E-state index in [2.05, 4.69) is 10.6 Å². The molecule has 0 saturated heterocycles. The fraction of sp³-hybridized carbons (Fsp3) is 0.562. The number of hydrogen-bond donors (Lipinski definition) is 2. The third-order valence-corrected chi connectivity index (χ3v) is 3.72. The molecule has 0 atom stereocenters. The first-order valence-corrected chi connectivity index (χ1v) is 7.45. The van der Waals surface area contributed by atoms with Crippen molar-refractivity contribution in [2.75, 3.05) is 19.0 Å². The lowest BCUT2D eigenvalue weighted by atomic mass is 9.95. The van der Waals surface area contributed by atoms with Crippen LogP contribution in [0.4, 0.5) is 5.69 Å². The monoisotopic (exact) mass is 276 g/mol. The van der Waals surface area contributed by atoms with Crippen molar-refractivity contribution in [1.82, 2.24) is 5.32 Å². The maximum atomic E-state index is 11.8. The van der Waals surface area contributed by atoms with Crippen LogP contribution in [0.2, 0.25) is 0 Å². The van der Waals surface area contributed by atoms with Crippen molar-refractivity contribution in [3.63, 3.8) is 0 Å². The lowest BCUT2D eigenvalue weighted by Gasteiger charge is -2.22. The van der Waals surface area contributed by atoms with Crippen molar-refractivity contribution in [2.24, 2.45) is 0 Å². The molecule has 4 nitrogen and oxygen atoms in total. The molecule has 0 unspecified atom stereocenters. The molecule has 1 amide bonds. The number of methoxy groups -OCH3 is 1. The lowest BCUT2D eigenvalue weighted by molar-refractivity contribution is -0.121. The number of benzene rings is 1. The SMILES string of the molecule is COc1cccc(NCCC(=O)NC2CCCCC2)c1. The van der Waals surface area contributed by atoms with Gasteiger partial charge in [0.2, 0.25) is 5.91 Å². The Balaban J connectivity index is 1.67. The number of carbonyl (C=O) groups is 1. The molecule has 2 N–H and O–H groups in total. The molecule has 0 aromatic heterocycles. The Hall–Kier alpha value is -1.71. The standard InChI is InChI=1S/C16H24N2O2/c1-20-15-9-5-8-14(12-15)17-11-10-16(19)18-13-6-3-2-4-7-13/h5,8-9,12-13,17H,2-4,6-7,10-11H2,1H3,(H,18,19). The van der Waals surface area contributed by atoms with E-state index in [1.807, 2.05) is 24.3 Å². The van der Waals surface area contributed by atoms with E-state index in [4.69, 9.17) is 4.74 Å². The summed E-state index contributed by atoms with van der Waals surface area (Å²) in [5.41, 5.74) is 0.981. The molecule has 1 fully saturated rings. The molecule has 110 valence electrons. The van der Waals surface area contributed by atoms with Gasteiger partial charge < -0.3 is 15.4 Å². The first-order valence-electron chi connectivity index (χ1n) is 7.45. The third kappa shape index (κ3) is 4.76. The second-order valence-corrected chi connectivity index (χ2v) is 5.31. The summed E-state index contributed by atoms with van der Waals surface area (Å²) < 4.78 is 5.16. The summed E-state index contributed by atoms with van der Waals surface area (Å²) in [6.45, 7) is 0.645. The fourth-order valence-corrected chi connectivity index (χ4v) is 2.60. The number of ether oxygens (including phenoxy) is 1. The molecule has 0 radical (unpaired) electrons. The number of hydrogen-bond acceptors (Lipinski definition) is 3. The molecule has 20 heavy (non-hydrogen) atoms. The van der Waals surface area contributed by atoms with Crippen LogP contribution >= 0.6 is 0 Å². The Labute approximate surface area is 120 Å². The summed E-state index contributed by atoms with van der Waals surface area (Å²) in [4.78, 5) is 11.8. The zero-order chi connectivity index (χ0) is 14.2. The Bertz CT molecular complexity index is 428. The molecule has 4 heteroatoms. The van der Waals surface area contributed by atoms with Gasteiger partial charge in [0.05, 0.1) is 7.11 Å². The number of nitrogens with one attached hydrogen (secondary N) is 2. The summed E-state index contributed by atoms with van der Waals surface area (Å²) in [6, 6.07) is 8.14. The van der Waals surface area contributed by atoms with Gasteiger partial charge in [0.15, 0.2) is 0 Å². The summed E-state index contributed by atoms with van der Waals surface area (Å²) in [5.74, 6) is 0.967. The molecule has 1 saturated carbocycles. The van der Waals surface area contributed by atoms with E-state index in [-0.39, 0.29) is 5.91 Å². The van der Waals surface area contributed by atoms with Crippen molar-refractivity contribution in [2.45, 2.75) is 44.6 Å². The van der Waals surface area contributed by atoms with Gasteiger partial charge >= 0.3 is 0 Å². The maximum Gasteiger partial charge on any atom is 0.221 e. The quantitative estimate of drug-likeness (QED) is 0.840. The van der Waals surface area contributed by atoms with Crippen LogP contribution in [0.5, 0.6) is 5.75 Å². The van der Waals surface area contributed by atoms with Gasteiger partial charge in [-0.3, -0.25) is 4.79 Å². The third-order valence-electron chi connectivity index (χ3n) is 3.72. The average Bonchev–Trinajstić information content (AvgIpc) is 2.48. The van der Waals surface area contributed by atoms with Crippen molar-refractivity contribution in [1.29, 1.82) is 0 Å². The molecular formula is C16H24N2O2. The van der Waals surface area contributed by atoms with E-state index in [0.29, 0.717) is 19.0 Å². The zero-order valence-electron chi connectivity index (χ0n) is 12.2. The number of anilines is 1. The smallest absolute Gasteiger partial charge is 0.221 e. The number of rotatable bonds is 6. The van der Waals surface area contributed by atoms with Crippen LogP contribution in [0.25, 0.3) is 0 Å². The predicted molar refractivity (Wildman–Crippen MR) is 81.1 cm³/mol. The van der Waals surface area contributed by atoms with E-state index in [1.165, 1.54) is 19.3 Å². The van der Waals surface area contributed by atoms with Crippen LogP contribution in [0.3, 0.4) is 0 Å². The lowest BCUT2D eigenvalue weighted by Crippen LogP contribution is -2.36. The minimum atomic E-state index is 0.146. The van der Waals surface area contributed by atoms with Crippen LogP contribution in [0.15, 0.2) is 24.3 Å². The second kappa shape index (κ2) is 7.78. The minimum absolute atomic E-state index is 0.146. The topological polar surface area (TPSA) is 50.4 Å². The maximum absolute atomic E-state index is 11.8. The molecule has 1 aliphatic rings. The molecule has 0 spiro atoms. The van der Waals surface area contributed by atoms with Gasteiger partial charge in [-0.05, 0) is 25.0 Å². The van der Waals surface area contributed by atoms with Crippen molar-refractivity contribution in [3.05, 3.63) is 24.3 Å². The largest absolute Gasteiger partial charge is 0.497 e. The van der Waals surface area contributed by atoms with Gasteiger partial charge in [-0.1, -0.05) is 25.3 Å². The predicted octanol–water partition coefficient (Wildman–Crippen LogP) is 2.95. The Morgan fingerprint density at radius 2 is 2.10 bits per heavy atom. The Morgan fingerprint density at radius 1 is 1.30 bits per heavy atom. The normalized spacial score (nSPS) is 15.7. The van der Waals surface area contributed by atoms with E-state index < -0.39 is 0 Å². The van der Waals surface area contributed by atoms with Crippen LogP contribution in [-0.2, 0) is 4.79 Å². The van der Waals surface area contributed by atoms with Crippen LogP contribution < -0.4 is 15.4 Å². The van der Waals surface area contributed by atoms with Gasteiger partial charge in [0.25, 0.3) is 0 Å². The van der Waals surface area contributed by atoms with Crippen LogP contribution in [0, 0.1) is 0 Å². The fourth-order valence-electron chi connectivity index (χ4n) is 2.60. The average molecular weight is 276 g/mol. The summed E-state index contributed by atoms with van der Waals surface area (Å²) in [7, 11) is 1.65. The van der Waals surface area contributed by atoms with Crippen molar-refractivity contribution in [3.8, 4) is 5.75 Å². The van der Waals surface area contributed by atoms with E-state index in [9.17, 15) is 4.79 Å². The summed E-state index contributed by atoms with van der Waals surface area (Å²) >= 11 is 0. The van der Waals surface area contributed by atoms with Crippen LogP contribution in [0.1, 0.15) is 38.5 Å². The summed E-state index contributed by atoms with van der Waals surface area (Å²) in [6.07, 6.45) is 6.57. The molecule has 1 aliphatic carbocycles. The summed E-state index contributed by atoms with van der Waals surface area (Å²) in [5, 5.41) is 6.37. The molecule has 1 aromatic carbocycles. The van der Waals surface area contributed by atoms with E-state index >= 15 is 0 Å². The first-order chi connectivity index (χ1) is 9.78. The highest BCUT2D eigenvalue weighted by molar-refractivity contribution is 5.76. The van der Waals surface area contributed by atoms with Crippen LogP contribution in [-0.4, -0.2) is 25.6 Å². The molecular weight excluding hydrogens is 252 g/mol. The number of amides is 1. The van der Waals surface area contributed by atoms with Gasteiger partial charge in [-0.2, -0.15) is 0 Å². The van der Waals surface area contributed by atoms with E-state index in [0.717, 1.165) is 24.3 Å². The van der Waals surface area contributed by atoms with Gasteiger partial charge in [0, 0.05) is 30.8 Å². The second-order valence-electron chi connectivity index (χ2n) is 5.31. The van der Waals surface area contributed by atoms with Gasteiger partial charge in [0.1, 0.15) is 5.75 Å². The first kappa shape index (κ1) is 14.7. The molecule has 0 aliphatic heterocycles.